The number of nitrogens with one attached hydrogen (secondary N) is 3. The fraction of sp³-hybridized carbons (Fsp3) is 0.767. The minimum Gasteiger partial charge on any atom is -0.446 e. The van der Waals surface area contributed by atoms with Crippen molar-refractivity contribution in [3.8, 4) is 0 Å². The van der Waals surface area contributed by atoms with Gasteiger partial charge in [-0.3, -0.25) is 19.2 Å². The minimum atomic E-state index is -0.981. The Morgan fingerprint density at radius 3 is 2.30 bits per heavy atom. The van der Waals surface area contributed by atoms with Gasteiger partial charge >= 0.3 is 6.09 Å². The fourth-order valence-electron chi connectivity index (χ4n) is 7.21. The number of rotatable bonds is 12. The van der Waals surface area contributed by atoms with E-state index in [9.17, 15) is 24.0 Å². The quantitative estimate of drug-likeness (QED) is 0.249. The predicted octanol–water partition coefficient (Wildman–Crippen LogP) is 2.85. The van der Waals surface area contributed by atoms with Gasteiger partial charge < -0.3 is 25.6 Å². The normalized spacial score (nSPS) is 26.9. The first-order valence-corrected chi connectivity index (χ1v) is 15.1. The third kappa shape index (κ3) is 6.36. The highest BCUT2D eigenvalue weighted by atomic mass is 16.6. The summed E-state index contributed by atoms with van der Waals surface area (Å²) in [5.41, 5.74) is -0.123. The molecule has 3 N–H and O–H groups in total. The maximum atomic E-state index is 14.1. The first kappa shape index (κ1) is 30.1. The molecule has 0 aromatic rings. The van der Waals surface area contributed by atoms with E-state index in [1.807, 2.05) is 6.92 Å². The summed E-state index contributed by atoms with van der Waals surface area (Å²) in [6, 6.07) is -2.51. The van der Waals surface area contributed by atoms with E-state index in [0.29, 0.717) is 19.4 Å². The van der Waals surface area contributed by atoms with E-state index in [4.69, 9.17) is 4.74 Å². The fourth-order valence-corrected chi connectivity index (χ4v) is 7.21. The molecular weight excluding hydrogens is 512 g/mol. The van der Waals surface area contributed by atoms with Gasteiger partial charge in [-0.1, -0.05) is 46.1 Å². The van der Waals surface area contributed by atoms with Crippen LogP contribution < -0.4 is 16.0 Å². The van der Waals surface area contributed by atoms with Gasteiger partial charge in [0.05, 0.1) is 6.04 Å². The molecule has 40 heavy (non-hydrogen) atoms. The van der Waals surface area contributed by atoms with Gasteiger partial charge in [0.2, 0.25) is 17.6 Å². The Hall–Kier alpha value is -2.91. The summed E-state index contributed by atoms with van der Waals surface area (Å²) in [6.45, 7) is 10.2. The van der Waals surface area contributed by atoms with Crippen LogP contribution in [0.4, 0.5) is 4.79 Å². The number of hydrogen-bond acceptors (Lipinski definition) is 6. The number of carbonyl (C=O) groups is 5. The average molecular weight is 559 g/mol. The average Bonchev–Trinajstić information content (AvgIpc) is 3.54. The van der Waals surface area contributed by atoms with E-state index < -0.39 is 41.8 Å². The Morgan fingerprint density at radius 1 is 1.02 bits per heavy atom. The van der Waals surface area contributed by atoms with Gasteiger partial charge in [0.15, 0.2) is 0 Å². The molecule has 222 valence electrons. The zero-order valence-electron chi connectivity index (χ0n) is 24.2. The van der Waals surface area contributed by atoms with Crippen LogP contribution in [-0.4, -0.2) is 71.8 Å². The molecule has 3 saturated carbocycles. The standard InChI is InChI=1S/C30H46N4O6/c1-5-11-21(25(35)27(37)31-16-6-2)32-26(36)24-22-20(30(22,3)4)17-34(24)28(38)23(18-12-7-8-13-18)33-29(39)40-19-14-9-10-15-19/h6,18-24H,2,5,7-17H2,1,3-4H3,(H,31,37)(H,32,36)(H,33,39)/t20?,21?,22?,23-,24?/m0/s1. The highest BCUT2D eigenvalue weighted by molar-refractivity contribution is 6.38. The van der Waals surface area contributed by atoms with Gasteiger partial charge in [0, 0.05) is 13.1 Å². The molecule has 4 fully saturated rings. The second kappa shape index (κ2) is 12.7. The number of nitrogens with zero attached hydrogens (tertiary/aromatic N) is 1. The third-order valence-electron chi connectivity index (χ3n) is 9.59. The zero-order chi connectivity index (χ0) is 29.0. The maximum Gasteiger partial charge on any atom is 0.408 e. The van der Waals surface area contributed by atoms with Crippen LogP contribution in [0.1, 0.15) is 85.0 Å². The molecule has 3 aliphatic carbocycles. The molecule has 0 aromatic carbocycles. The molecule has 4 amide bonds. The van der Waals surface area contributed by atoms with Gasteiger partial charge in [-0.25, -0.2) is 4.79 Å². The van der Waals surface area contributed by atoms with Crippen LogP contribution in [0.5, 0.6) is 0 Å². The van der Waals surface area contributed by atoms with Crippen molar-refractivity contribution in [3.63, 3.8) is 0 Å². The van der Waals surface area contributed by atoms with Gasteiger partial charge in [-0.2, -0.15) is 0 Å². The molecule has 10 heteroatoms. The van der Waals surface area contributed by atoms with E-state index in [1.54, 1.807) is 4.90 Å². The van der Waals surface area contributed by atoms with E-state index in [-0.39, 0.29) is 41.7 Å². The molecular formula is C30H46N4O6. The van der Waals surface area contributed by atoms with Crippen LogP contribution in [0, 0.1) is 23.2 Å². The molecule has 10 nitrogen and oxygen atoms in total. The molecule has 0 radical (unpaired) electrons. The summed E-state index contributed by atoms with van der Waals surface area (Å²) in [5.74, 6) is -2.08. The summed E-state index contributed by atoms with van der Waals surface area (Å²) < 4.78 is 5.63. The third-order valence-corrected chi connectivity index (χ3v) is 9.59. The van der Waals surface area contributed by atoms with E-state index in [2.05, 4.69) is 36.4 Å². The van der Waals surface area contributed by atoms with Crippen molar-refractivity contribution in [2.75, 3.05) is 13.1 Å². The van der Waals surface area contributed by atoms with Crippen molar-refractivity contribution in [3.05, 3.63) is 12.7 Å². The van der Waals surface area contributed by atoms with Crippen molar-refractivity contribution < 1.29 is 28.7 Å². The van der Waals surface area contributed by atoms with E-state index in [1.165, 1.54) is 6.08 Å². The summed E-state index contributed by atoms with van der Waals surface area (Å²) in [5, 5.41) is 8.19. The Bertz CT molecular complexity index is 1000. The largest absolute Gasteiger partial charge is 0.446 e. The number of amides is 4. The lowest BCUT2D eigenvalue weighted by molar-refractivity contribution is -0.144. The summed E-state index contributed by atoms with van der Waals surface area (Å²) in [4.78, 5) is 67.6. The van der Waals surface area contributed by atoms with Crippen LogP contribution in [0.15, 0.2) is 12.7 Å². The Morgan fingerprint density at radius 2 is 1.68 bits per heavy atom. The zero-order valence-corrected chi connectivity index (χ0v) is 24.2. The predicted molar refractivity (Wildman–Crippen MR) is 149 cm³/mol. The van der Waals surface area contributed by atoms with Crippen molar-refractivity contribution >= 4 is 29.6 Å². The molecule has 1 saturated heterocycles. The maximum absolute atomic E-state index is 14.1. The number of ketones is 1. The lowest BCUT2D eigenvalue weighted by Gasteiger charge is -2.35. The number of Topliss-reactive ketones (excluding diaryl/α,β-unsaturated/α-hetero) is 1. The second-order valence-electron chi connectivity index (χ2n) is 12.6. The minimum absolute atomic E-state index is 0.0137. The van der Waals surface area contributed by atoms with Gasteiger partial charge in [-0.05, 0) is 68.1 Å². The highest BCUT2D eigenvalue weighted by Gasteiger charge is 2.69. The van der Waals surface area contributed by atoms with Gasteiger partial charge in [0.1, 0.15) is 18.2 Å². The number of alkyl carbamates (subject to hydrolysis) is 1. The number of ether oxygens (including phenoxy) is 1. The Balaban J connectivity index is 1.50. The van der Waals surface area contributed by atoms with Crippen LogP contribution >= 0.6 is 0 Å². The van der Waals surface area contributed by atoms with Crippen molar-refractivity contribution in [1.29, 1.82) is 0 Å². The molecule has 4 aliphatic rings. The Labute approximate surface area is 237 Å². The van der Waals surface area contributed by atoms with Crippen LogP contribution in [-0.2, 0) is 23.9 Å². The van der Waals surface area contributed by atoms with Crippen molar-refractivity contribution in [1.82, 2.24) is 20.9 Å². The van der Waals surface area contributed by atoms with Crippen molar-refractivity contribution in [2.45, 2.75) is 109 Å². The summed E-state index contributed by atoms with van der Waals surface area (Å²) in [6.07, 6.45) is 9.08. The first-order valence-electron chi connectivity index (χ1n) is 15.1. The van der Waals surface area contributed by atoms with E-state index in [0.717, 1.165) is 51.4 Å². The summed E-state index contributed by atoms with van der Waals surface area (Å²) >= 11 is 0. The molecule has 4 rings (SSSR count). The lowest BCUT2D eigenvalue weighted by atomic mass is 9.94. The molecule has 0 aromatic heterocycles. The van der Waals surface area contributed by atoms with Crippen LogP contribution in [0.3, 0.4) is 0 Å². The topological polar surface area (TPSA) is 134 Å². The number of piperidine rings is 1. The number of likely N-dealkylation sites (tertiary alicyclic amines) is 1. The SMILES string of the molecule is C=CCNC(=O)C(=O)C(CCC)NC(=O)C1C2C(CN1C(=O)[C@@H](NC(=O)OC1CCCC1)C1CCCC1)C2(C)C. The molecule has 5 atom stereocenters. The first-order chi connectivity index (χ1) is 19.1. The molecule has 1 heterocycles. The second-order valence-corrected chi connectivity index (χ2v) is 12.6. The monoisotopic (exact) mass is 558 g/mol. The van der Waals surface area contributed by atoms with Crippen LogP contribution in [0.25, 0.3) is 0 Å². The van der Waals surface area contributed by atoms with Gasteiger partial charge in [-0.15, -0.1) is 6.58 Å². The number of fused-ring (bicyclic) bond motifs is 1. The van der Waals surface area contributed by atoms with Crippen molar-refractivity contribution in [2.24, 2.45) is 23.2 Å². The highest BCUT2D eigenvalue weighted by Crippen LogP contribution is 2.65. The molecule has 0 spiro atoms. The van der Waals surface area contributed by atoms with Crippen LogP contribution in [0.2, 0.25) is 0 Å². The Kier molecular flexibility index (Phi) is 9.56. The number of carbonyl (C=O) groups excluding carboxylic acids is 5. The molecule has 0 bridgehead atoms. The van der Waals surface area contributed by atoms with Gasteiger partial charge in [0.25, 0.3) is 5.91 Å². The lowest BCUT2D eigenvalue weighted by Crippen LogP contribution is -2.59. The smallest absolute Gasteiger partial charge is 0.408 e. The molecule has 4 unspecified atom stereocenters. The molecule has 1 aliphatic heterocycles. The van der Waals surface area contributed by atoms with E-state index >= 15 is 0 Å². The summed E-state index contributed by atoms with van der Waals surface area (Å²) in [7, 11) is 0. The number of hydrogen-bond donors (Lipinski definition) is 3.